The van der Waals surface area contributed by atoms with Crippen molar-refractivity contribution in [2.75, 3.05) is 31.6 Å². The predicted octanol–water partition coefficient (Wildman–Crippen LogP) is 2.94. The number of unbranched alkanes of at least 4 members (excludes halogenated alkanes) is 3. The second kappa shape index (κ2) is 11.3. The van der Waals surface area contributed by atoms with Crippen LogP contribution in [0.3, 0.4) is 0 Å². The third-order valence-corrected chi connectivity index (χ3v) is 4.14. The molecule has 1 aromatic carbocycles. The second-order valence-corrected chi connectivity index (χ2v) is 5.84. The Kier molecular flexibility index (Phi) is 9.75. The van der Waals surface area contributed by atoms with E-state index < -0.39 is 0 Å². The first-order valence-corrected chi connectivity index (χ1v) is 8.59. The van der Waals surface area contributed by atoms with Crippen LogP contribution in [0.4, 0.5) is 5.69 Å². The Bertz CT molecular complexity index is 548. The zero-order chi connectivity index (χ0) is 16.5. The summed E-state index contributed by atoms with van der Waals surface area (Å²) in [6.45, 7) is 4.13. The van der Waals surface area contributed by atoms with Crippen molar-refractivity contribution >= 4 is 41.5 Å². The van der Waals surface area contributed by atoms with E-state index in [0.717, 1.165) is 31.6 Å². The van der Waals surface area contributed by atoms with Gasteiger partial charge in [-0.2, -0.15) is 0 Å². The van der Waals surface area contributed by atoms with Crippen LogP contribution in [0.15, 0.2) is 29.3 Å². The zero-order valence-corrected chi connectivity index (χ0v) is 17.0. The number of aliphatic imine (C=N–C) groups is 1. The third kappa shape index (κ3) is 5.96. The van der Waals surface area contributed by atoms with Gasteiger partial charge in [0.25, 0.3) is 0 Å². The van der Waals surface area contributed by atoms with Gasteiger partial charge in [0.1, 0.15) is 0 Å². The van der Waals surface area contributed by atoms with Crippen LogP contribution in [0.1, 0.15) is 38.2 Å². The van der Waals surface area contributed by atoms with Crippen molar-refractivity contribution in [3.63, 3.8) is 0 Å². The van der Waals surface area contributed by atoms with Gasteiger partial charge in [-0.15, -0.1) is 24.0 Å². The molecule has 0 fully saturated rings. The number of anilines is 1. The Balaban J connectivity index is 0.00000288. The van der Waals surface area contributed by atoms with Crippen LogP contribution in [0, 0.1) is 0 Å². The van der Waals surface area contributed by atoms with Crippen LogP contribution in [-0.4, -0.2) is 38.5 Å². The standard InChI is InChI=1S/C18H28N4O.HI/c1-3-4-5-8-12-20-18(19-2)21-14-17(23)22-13-11-15-9-6-7-10-16(15)22;/h6-7,9-10H,3-5,8,11-14H2,1-2H3,(H2,19,20,21);1H. The number of nitrogens with one attached hydrogen (secondary N) is 2. The molecule has 0 saturated carbocycles. The lowest BCUT2D eigenvalue weighted by Gasteiger charge is -2.18. The van der Waals surface area contributed by atoms with E-state index >= 15 is 0 Å². The molecule has 0 aliphatic carbocycles. The molecule has 134 valence electrons. The monoisotopic (exact) mass is 444 g/mol. The molecular formula is C18H29IN4O. The third-order valence-electron chi connectivity index (χ3n) is 4.14. The van der Waals surface area contributed by atoms with Gasteiger partial charge < -0.3 is 15.5 Å². The molecule has 0 atom stereocenters. The van der Waals surface area contributed by atoms with E-state index in [-0.39, 0.29) is 36.4 Å². The molecule has 0 saturated heterocycles. The molecule has 1 heterocycles. The maximum absolute atomic E-state index is 12.4. The Hall–Kier alpha value is -1.31. The summed E-state index contributed by atoms with van der Waals surface area (Å²) >= 11 is 0. The molecule has 2 N–H and O–H groups in total. The average molecular weight is 444 g/mol. The van der Waals surface area contributed by atoms with Crippen molar-refractivity contribution in [1.29, 1.82) is 0 Å². The van der Waals surface area contributed by atoms with Gasteiger partial charge in [-0.25, -0.2) is 0 Å². The number of nitrogens with zero attached hydrogens (tertiary/aromatic N) is 2. The first-order chi connectivity index (χ1) is 11.3. The number of hydrogen-bond donors (Lipinski definition) is 2. The number of para-hydroxylation sites is 1. The molecule has 0 bridgehead atoms. The Morgan fingerprint density at radius 2 is 2.00 bits per heavy atom. The van der Waals surface area contributed by atoms with E-state index in [9.17, 15) is 4.79 Å². The topological polar surface area (TPSA) is 56.7 Å². The number of hydrogen-bond acceptors (Lipinski definition) is 2. The highest BCUT2D eigenvalue weighted by Gasteiger charge is 2.23. The van der Waals surface area contributed by atoms with Gasteiger partial charge in [-0.3, -0.25) is 9.79 Å². The number of benzene rings is 1. The molecular weight excluding hydrogens is 415 g/mol. The van der Waals surface area contributed by atoms with E-state index in [2.05, 4.69) is 28.6 Å². The van der Waals surface area contributed by atoms with Crippen LogP contribution < -0.4 is 15.5 Å². The van der Waals surface area contributed by atoms with Crippen LogP contribution in [-0.2, 0) is 11.2 Å². The number of rotatable bonds is 7. The Morgan fingerprint density at radius 3 is 2.75 bits per heavy atom. The quantitative estimate of drug-likeness (QED) is 0.294. The summed E-state index contributed by atoms with van der Waals surface area (Å²) in [7, 11) is 1.73. The van der Waals surface area contributed by atoms with Crippen LogP contribution in [0.5, 0.6) is 0 Å². The van der Waals surface area contributed by atoms with Crippen LogP contribution in [0.25, 0.3) is 0 Å². The summed E-state index contributed by atoms with van der Waals surface area (Å²) in [6, 6.07) is 8.11. The number of halogens is 1. The van der Waals surface area contributed by atoms with Crippen LogP contribution in [0.2, 0.25) is 0 Å². The second-order valence-electron chi connectivity index (χ2n) is 5.84. The van der Waals surface area contributed by atoms with Gasteiger partial charge >= 0.3 is 0 Å². The van der Waals surface area contributed by atoms with Crippen molar-refractivity contribution in [1.82, 2.24) is 10.6 Å². The molecule has 1 aliphatic heterocycles. The fraction of sp³-hybridized carbons (Fsp3) is 0.556. The van der Waals surface area contributed by atoms with Gasteiger partial charge in [-0.05, 0) is 24.5 Å². The molecule has 6 heteroatoms. The van der Waals surface area contributed by atoms with Gasteiger partial charge in [-0.1, -0.05) is 44.4 Å². The van der Waals surface area contributed by atoms with Gasteiger partial charge in [0.15, 0.2) is 5.96 Å². The van der Waals surface area contributed by atoms with E-state index in [0.29, 0.717) is 5.96 Å². The van der Waals surface area contributed by atoms with Gasteiger partial charge in [0.05, 0.1) is 6.54 Å². The molecule has 1 aliphatic rings. The Labute approximate surface area is 162 Å². The van der Waals surface area contributed by atoms with Crippen molar-refractivity contribution < 1.29 is 4.79 Å². The summed E-state index contributed by atoms with van der Waals surface area (Å²) in [6.07, 6.45) is 5.79. The van der Waals surface area contributed by atoms with E-state index in [1.165, 1.54) is 24.8 Å². The number of guanidine groups is 1. The smallest absolute Gasteiger partial charge is 0.246 e. The minimum Gasteiger partial charge on any atom is -0.356 e. The predicted molar refractivity (Wildman–Crippen MR) is 111 cm³/mol. The van der Waals surface area contributed by atoms with E-state index in [4.69, 9.17) is 0 Å². The lowest BCUT2D eigenvalue weighted by atomic mass is 10.2. The number of amides is 1. The summed E-state index contributed by atoms with van der Waals surface area (Å²) in [4.78, 5) is 18.5. The van der Waals surface area contributed by atoms with Crippen LogP contribution >= 0.6 is 24.0 Å². The zero-order valence-electron chi connectivity index (χ0n) is 14.7. The lowest BCUT2D eigenvalue weighted by Crippen LogP contribution is -2.44. The van der Waals surface area contributed by atoms with Crippen molar-refractivity contribution in [3.05, 3.63) is 29.8 Å². The highest BCUT2D eigenvalue weighted by Crippen LogP contribution is 2.27. The maximum atomic E-state index is 12.4. The fourth-order valence-corrected chi connectivity index (χ4v) is 2.83. The molecule has 0 radical (unpaired) electrons. The largest absolute Gasteiger partial charge is 0.356 e. The van der Waals surface area contributed by atoms with E-state index in [1.54, 1.807) is 7.05 Å². The fourth-order valence-electron chi connectivity index (χ4n) is 2.83. The van der Waals surface area contributed by atoms with Gasteiger partial charge in [0.2, 0.25) is 5.91 Å². The molecule has 0 aromatic heterocycles. The first-order valence-electron chi connectivity index (χ1n) is 8.59. The highest BCUT2D eigenvalue weighted by atomic mass is 127. The average Bonchev–Trinajstić information content (AvgIpc) is 3.01. The van der Waals surface area contributed by atoms with Gasteiger partial charge in [0, 0.05) is 25.8 Å². The van der Waals surface area contributed by atoms with Crippen molar-refractivity contribution in [2.24, 2.45) is 4.99 Å². The summed E-state index contributed by atoms with van der Waals surface area (Å²) in [5.74, 6) is 0.784. The number of carbonyl (C=O) groups excluding carboxylic acids is 1. The minimum absolute atomic E-state index is 0. The first kappa shape index (κ1) is 20.7. The molecule has 2 rings (SSSR count). The number of carbonyl (C=O) groups is 1. The Morgan fingerprint density at radius 1 is 1.21 bits per heavy atom. The molecule has 0 spiro atoms. The minimum atomic E-state index is 0. The normalized spacial score (nSPS) is 13.2. The van der Waals surface area contributed by atoms with E-state index in [1.807, 2.05) is 23.1 Å². The molecule has 24 heavy (non-hydrogen) atoms. The number of fused-ring (bicyclic) bond motifs is 1. The highest BCUT2D eigenvalue weighted by molar-refractivity contribution is 14.0. The molecule has 5 nitrogen and oxygen atoms in total. The van der Waals surface area contributed by atoms with Crippen molar-refractivity contribution in [2.45, 2.75) is 39.0 Å². The lowest BCUT2D eigenvalue weighted by molar-refractivity contribution is -0.117. The SMILES string of the molecule is CCCCCCNC(=NC)NCC(=O)N1CCc2ccccc21.I. The van der Waals surface area contributed by atoms with Crippen molar-refractivity contribution in [3.8, 4) is 0 Å². The summed E-state index contributed by atoms with van der Waals surface area (Å²) in [5.41, 5.74) is 2.29. The molecule has 1 amide bonds. The summed E-state index contributed by atoms with van der Waals surface area (Å²) in [5, 5.41) is 6.38. The maximum Gasteiger partial charge on any atom is 0.246 e. The summed E-state index contributed by atoms with van der Waals surface area (Å²) < 4.78 is 0. The molecule has 1 aromatic rings. The molecule has 0 unspecified atom stereocenters.